The summed E-state index contributed by atoms with van der Waals surface area (Å²) in [5.41, 5.74) is 0. The molecule has 0 bridgehead atoms. The third kappa shape index (κ3) is 2.87. The lowest BCUT2D eigenvalue weighted by Gasteiger charge is -2.28. The van der Waals surface area contributed by atoms with Crippen LogP contribution in [0.25, 0.3) is 0 Å². The van der Waals surface area contributed by atoms with Gasteiger partial charge in [-0.3, -0.25) is 9.69 Å². The summed E-state index contributed by atoms with van der Waals surface area (Å²) < 4.78 is 25.9. The molecule has 1 heterocycles. The first kappa shape index (κ1) is 10.8. The molecule has 0 radical (unpaired) electrons. The molecule has 5 heteroatoms. The lowest BCUT2D eigenvalue weighted by molar-refractivity contribution is -0.124. The normalized spacial score (nSPS) is 31.6. The molecule has 1 amide bonds. The molecule has 0 unspecified atom stereocenters. The fourth-order valence-corrected chi connectivity index (χ4v) is 2.41. The van der Waals surface area contributed by atoms with Crippen molar-refractivity contribution in [1.29, 1.82) is 0 Å². The maximum Gasteiger partial charge on any atom is 0.248 e. The number of amides is 1. The van der Waals surface area contributed by atoms with Crippen LogP contribution in [-0.2, 0) is 4.79 Å². The molecule has 15 heavy (non-hydrogen) atoms. The number of hydrogen-bond acceptors (Lipinski definition) is 2. The van der Waals surface area contributed by atoms with Gasteiger partial charge < -0.3 is 5.32 Å². The Bertz CT molecular complexity index is 258. The molecular weight excluding hydrogens is 202 g/mol. The molecule has 0 aromatic carbocycles. The van der Waals surface area contributed by atoms with Gasteiger partial charge in [0.15, 0.2) is 0 Å². The van der Waals surface area contributed by atoms with Crippen LogP contribution in [0.3, 0.4) is 0 Å². The summed E-state index contributed by atoms with van der Waals surface area (Å²) in [6, 6.07) is 0. The number of alkyl halides is 2. The molecule has 1 saturated carbocycles. The maximum atomic E-state index is 12.9. The van der Waals surface area contributed by atoms with E-state index in [9.17, 15) is 13.6 Å². The number of nitrogens with zero attached hydrogens (tertiary/aromatic N) is 1. The van der Waals surface area contributed by atoms with Crippen LogP contribution >= 0.6 is 0 Å². The third-order valence-corrected chi connectivity index (χ3v) is 3.14. The van der Waals surface area contributed by atoms with Gasteiger partial charge in [-0.15, -0.1) is 0 Å². The van der Waals surface area contributed by atoms with Gasteiger partial charge in [0.05, 0.1) is 6.54 Å². The number of nitrogens with one attached hydrogen (secondary N) is 1. The van der Waals surface area contributed by atoms with Crippen LogP contribution in [0.2, 0.25) is 0 Å². The smallest absolute Gasteiger partial charge is 0.248 e. The van der Waals surface area contributed by atoms with E-state index in [1.165, 1.54) is 0 Å². The van der Waals surface area contributed by atoms with Crippen LogP contribution in [0.15, 0.2) is 0 Å². The van der Waals surface area contributed by atoms with E-state index in [0.29, 0.717) is 26.1 Å². The summed E-state index contributed by atoms with van der Waals surface area (Å²) in [5, 5.41) is 2.72. The number of piperazine rings is 1. The van der Waals surface area contributed by atoms with E-state index < -0.39 is 5.92 Å². The molecule has 2 aliphatic rings. The van der Waals surface area contributed by atoms with Gasteiger partial charge in [0, 0.05) is 32.5 Å². The largest absolute Gasteiger partial charge is 0.354 e. The summed E-state index contributed by atoms with van der Waals surface area (Å²) in [6.45, 7) is 2.43. The van der Waals surface area contributed by atoms with Crippen LogP contribution in [0, 0.1) is 5.92 Å². The molecule has 2 fully saturated rings. The highest BCUT2D eigenvalue weighted by molar-refractivity contribution is 5.78. The Labute approximate surface area is 87.8 Å². The zero-order valence-corrected chi connectivity index (χ0v) is 8.64. The molecule has 1 N–H and O–H groups in total. The predicted molar refractivity (Wildman–Crippen MR) is 51.7 cm³/mol. The molecule has 1 saturated heterocycles. The summed E-state index contributed by atoms with van der Waals surface area (Å²) in [7, 11) is 0. The van der Waals surface area contributed by atoms with Crippen LogP contribution in [-0.4, -0.2) is 42.9 Å². The Morgan fingerprint density at radius 1 is 1.53 bits per heavy atom. The fourth-order valence-electron chi connectivity index (χ4n) is 2.41. The first-order valence-corrected chi connectivity index (χ1v) is 5.42. The van der Waals surface area contributed by atoms with E-state index in [-0.39, 0.29) is 24.7 Å². The van der Waals surface area contributed by atoms with Gasteiger partial charge in [0.1, 0.15) is 0 Å². The van der Waals surface area contributed by atoms with E-state index in [2.05, 4.69) is 5.32 Å². The Hall–Kier alpha value is -0.710. The van der Waals surface area contributed by atoms with Gasteiger partial charge in [-0.25, -0.2) is 8.78 Å². The number of halogens is 2. The van der Waals surface area contributed by atoms with Crippen molar-refractivity contribution >= 4 is 5.91 Å². The zero-order chi connectivity index (χ0) is 10.9. The Morgan fingerprint density at radius 2 is 2.33 bits per heavy atom. The Balaban J connectivity index is 1.80. The van der Waals surface area contributed by atoms with Gasteiger partial charge in [0.2, 0.25) is 11.8 Å². The van der Waals surface area contributed by atoms with Gasteiger partial charge in [-0.1, -0.05) is 0 Å². The fraction of sp³-hybridized carbons (Fsp3) is 0.900. The first-order chi connectivity index (χ1) is 7.05. The second kappa shape index (κ2) is 4.04. The van der Waals surface area contributed by atoms with Gasteiger partial charge >= 0.3 is 0 Å². The van der Waals surface area contributed by atoms with Crippen molar-refractivity contribution in [2.75, 3.05) is 26.2 Å². The number of carbonyl (C=O) groups is 1. The van der Waals surface area contributed by atoms with E-state index in [1.807, 2.05) is 4.90 Å². The van der Waals surface area contributed by atoms with Crippen LogP contribution < -0.4 is 5.32 Å². The lowest BCUT2D eigenvalue weighted by atomic mass is 10.1. The molecule has 1 atom stereocenters. The van der Waals surface area contributed by atoms with Crippen LogP contribution in [0.5, 0.6) is 0 Å². The second-order valence-electron chi connectivity index (χ2n) is 4.55. The van der Waals surface area contributed by atoms with Crippen molar-refractivity contribution in [3.63, 3.8) is 0 Å². The molecule has 2 rings (SSSR count). The highest BCUT2D eigenvalue weighted by atomic mass is 19.3. The topological polar surface area (TPSA) is 32.3 Å². The maximum absolute atomic E-state index is 12.9. The predicted octanol–water partition coefficient (Wildman–Crippen LogP) is 0.854. The number of rotatable bonds is 2. The van der Waals surface area contributed by atoms with Crippen molar-refractivity contribution in [3.8, 4) is 0 Å². The lowest BCUT2D eigenvalue weighted by Crippen LogP contribution is -2.48. The quantitative estimate of drug-likeness (QED) is 0.745. The summed E-state index contributed by atoms with van der Waals surface area (Å²) in [5.74, 6) is -2.40. The third-order valence-electron chi connectivity index (χ3n) is 3.14. The average molecular weight is 218 g/mol. The molecule has 0 spiro atoms. The molecule has 0 aromatic heterocycles. The van der Waals surface area contributed by atoms with Crippen LogP contribution in [0.4, 0.5) is 8.78 Å². The standard InChI is InChI=1S/C10H16F2N2O/c11-10(12)2-1-8(5-10)6-14-4-3-13-9(15)7-14/h8H,1-7H2,(H,13,15)/t8-/m1/s1. The minimum Gasteiger partial charge on any atom is -0.354 e. The van der Waals surface area contributed by atoms with E-state index >= 15 is 0 Å². The van der Waals surface area contributed by atoms with Gasteiger partial charge in [-0.05, 0) is 12.3 Å². The summed E-state index contributed by atoms with van der Waals surface area (Å²) in [4.78, 5) is 13.1. The van der Waals surface area contributed by atoms with E-state index in [0.717, 1.165) is 6.54 Å². The van der Waals surface area contributed by atoms with E-state index in [4.69, 9.17) is 0 Å². The average Bonchev–Trinajstić information content (AvgIpc) is 2.45. The van der Waals surface area contributed by atoms with Crippen molar-refractivity contribution in [2.24, 2.45) is 5.92 Å². The van der Waals surface area contributed by atoms with Gasteiger partial charge in [-0.2, -0.15) is 0 Å². The summed E-state index contributed by atoms with van der Waals surface area (Å²) >= 11 is 0. The minimum atomic E-state index is -2.47. The van der Waals surface area contributed by atoms with Crippen molar-refractivity contribution in [1.82, 2.24) is 10.2 Å². The molecule has 0 aromatic rings. The molecule has 1 aliphatic carbocycles. The zero-order valence-electron chi connectivity index (χ0n) is 8.64. The van der Waals surface area contributed by atoms with Gasteiger partial charge in [0.25, 0.3) is 0 Å². The van der Waals surface area contributed by atoms with E-state index in [1.54, 1.807) is 0 Å². The van der Waals surface area contributed by atoms with Crippen molar-refractivity contribution in [2.45, 2.75) is 25.2 Å². The second-order valence-corrected chi connectivity index (χ2v) is 4.55. The highest BCUT2D eigenvalue weighted by Gasteiger charge is 2.40. The van der Waals surface area contributed by atoms with Crippen molar-refractivity contribution in [3.05, 3.63) is 0 Å². The van der Waals surface area contributed by atoms with Crippen molar-refractivity contribution < 1.29 is 13.6 Å². The van der Waals surface area contributed by atoms with Crippen LogP contribution in [0.1, 0.15) is 19.3 Å². The molecule has 1 aliphatic heterocycles. The number of carbonyl (C=O) groups excluding carboxylic acids is 1. The minimum absolute atomic E-state index is 0.00556. The Kier molecular flexibility index (Phi) is 2.91. The molecular formula is C10H16F2N2O. The number of hydrogen-bond donors (Lipinski definition) is 1. The summed E-state index contributed by atoms with van der Waals surface area (Å²) in [6.07, 6.45) is 0.591. The highest BCUT2D eigenvalue weighted by Crippen LogP contribution is 2.39. The SMILES string of the molecule is O=C1CN(C[C@@H]2CCC(F)(F)C2)CCN1. The first-order valence-electron chi connectivity index (χ1n) is 5.42. The molecule has 3 nitrogen and oxygen atoms in total. The molecule has 86 valence electrons. The Morgan fingerprint density at radius 3 is 2.93 bits per heavy atom. The monoisotopic (exact) mass is 218 g/mol.